The molecule has 3 aromatic carbocycles. The Kier molecular flexibility index (Phi) is 6.56. The van der Waals surface area contributed by atoms with E-state index >= 15 is 0 Å². The molecule has 1 heterocycles. The van der Waals surface area contributed by atoms with Crippen LogP contribution in [-0.4, -0.2) is 68.6 Å². The zero-order chi connectivity index (χ0) is 22.5. The average Bonchev–Trinajstić information content (AvgIpc) is 2.84. The normalized spacial score (nSPS) is 14.2. The van der Waals surface area contributed by atoms with Crippen LogP contribution in [-0.2, 0) is 4.79 Å². The van der Waals surface area contributed by atoms with Gasteiger partial charge in [-0.2, -0.15) is 0 Å². The molecule has 166 valence electrons. The molecular weight excluding hydrogens is 406 g/mol. The first-order chi connectivity index (χ1) is 15.6. The Morgan fingerprint density at radius 3 is 2.22 bits per heavy atom. The van der Waals surface area contributed by atoms with Crippen LogP contribution in [0.25, 0.3) is 10.8 Å². The molecule has 1 saturated heterocycles. The highest BCUT2D eigenvalue weighted by Gasteiger charge is 2.24. The summed E-state index contributed by atoms with van der Waals surface area (Å²) in [5.41, 5.74) is 1.34. The molecule has 0 radical (unpaired) electrons. The Balaban J connectivity index is 1.34. The van der Waals surface area contributed by atoms with E-state index in [1.165, 1.54) is 0 Å². The Labute approximate surface area is 187 Å². The lowest BCUT2D eigenvalue weighted by atomic mass is 10.1. The van der Waals surface area contributed by atoms with Gasteiger partial charge in [-0.25, -0.2) is 0 Å². The summed E-state index contributed by atoms with van der Waals surface area (Å²) in [6.45, 7) is 2.67. The number of hydrogen-bond acceptors (Lipinski definition) is 5. The van der Waals surface area contributed by atoms with Crippen molar-refractivity contribution in [2.75, 3.05) is 52.3 Å². The van der Waals surface area contributed by atoms with Gasteiger partial charge in [0.15, 0.2) is 0 Å². The molecule has 7 heteroatoms. The fourth-order valence-corrected chi connectivity index (χ4v) is 3.95. The van der Waals surface area contributed by atoms with Crippen LogP contribution in [0.5, 0.6) is 11.5 Å². The number of methoxy groups -OCH3 is 2. The third-order valence-electron chi connectivity index (χ3n) is 5.69. The molecule has 1 aliphatic heterocycles. The molecule has 2 amide bonds. The van der Waals surface area contributed by atoms with Crippen LogP contribution in [0.4, 0.5) is 5.69 Å². The molecule has 0 unspecified atom stereocenters. The fourth-order valence-electron chi connectivity index (χ4n) is 3.95. The summed E-state index contributed by atoms with van der Waals surface area (Å²) < 4.78 is 10.5. The lowest BCUT2D eigenvalue weighted by Crippen LogP contribution is -2.50. The second-order valence-corrected chi connectivity index (χ2v) is 7.74. The molecule has 0 atom stereocenters. The van der Waals surface area contributed by atoms with Gasteiger partial charge in [0.1, 0.15) is 11.5 Å². The first kappa shape index (κ1) is 21.6. The molecule has 0 spiro atoms. The first-order valence-electron chi connectivity index (χ1n) is 10.6. The molecule has 3 aromatic rings. The van der Waals surface area contributed by atoms with Crippen molar-refractivity contribution in [1.29, 1.82) is 0 Å². The van der Waals surface area contributed by atoms with Gasteiger partial charge in [-0.1, -0.05) is 36.4 Å². The average molecular weight is 434 g/mol. The van der Waals surface area contributed by atoms with Gasteiger partial charge in [-0.15, -0.1) is 0 Å². The van der Waals surface area contributed by atoms with Gasteiger partial charge in [-0.3, -0.25) is 14.5 Å². The zero-order valence-corrected chi connectivity index (χ0v) is 18.3. The maximum Gasteiger partial charge on any atom is 0.254 e. The van der Waals surface area contributed by atoms with Crippen molar-refractivity contribution >= 4 is 28.3 Å². The molecule has 1 N–H and O–H groups in total. The van der Waals surface area contributed by atoms with E-state index in [1.54, 1.807) is 37.3 Å². The van der Waals surface area contributed by atoms with E-state index in [2.05, 4.69) is 10.2 Å². The third-order valence-corrected chi connectivity index (χ3v) is 5.69. The second-order valence-electron chi connectivity index (χ2n) is 7.74. The number of amides is 2. The standard InChI is InChI=1S/C25H27N3O4/c1-31-20-14-19(15-21(16-20)32-2)25(30)28-12-10-27(11-13-28)17-24(29)26-23-9-5-7-18-6-3-4-8-22(18)23/h3-9,14-16H,10-13,17H2,1-2H3,(H,26,29). The SMILES string of the molecule is COc1cc(OC)cc(C(=O)N2CCN(CC(=O)Nc3cccc4ccccc34)CC2)c1. The summed E-state index contributed by atoms with van der Waals surface area (Å²) in [4.78, 5) is 29.5. The van der Waals surface area contributed by atoms with Crippen LogP contribution in [0.3, 0.4) is 0 Å². The zero-order valence-electron chi connectivity index (χ0n) is 18.3. The third kappa shape index (κ3) is 4.84. The number of benzene rings is 3. The number of piperazine rings is 1. The molecule has 4 rings (SSSR count). The van der Waals surface area contributed by atoms with Crippen LogP contribution in [0.1, 0.15) is 10.4 Å². The van der Waals surface area contributed by atoms with Crippen LogP contribution < -0.4 is 14.8 Å². The molecule has 32 heavy (non-hydrogen) atoms. The molecule has 0 saturated carbocycles. The number of anilines is 1. The van der Waals surface area contributed by atoms with Crippen LogP contribution in [0.15, 0.2) is 60.7 Å². The van der Waals surface area contributed by atoms with Crippen LogP contribution in [0, 0.1) is 0 Å². The highest BCUT2D eigenvalue weighted by atomic mass is 16.5. The van der Waals surface area contributed by atoms with Gasteiger partial charge in [0.25, 0.3) is 5.91 Å². The number of fused-ring (bicyclic) bond motifs is 1. The second kappa shape index (κ2) is 9.70. The number of carbonyl (C=O) groups is 2. The number of nitrogens with one attached hydrogen (secondary N) is 1. The van der Waals surface area contributed by atoms with E-state index < -0.39 is 0 Å². The fraction of sp³-hybridized carbons (Fsp3) is 0.280. The maximum absolute atomic E-state index is 12.9. The number of carbonyl (C=O) groups excluding carboxylic acids is 2. The van der Waals surface area contributed by atoms with Crippen LogP contribution >= 0.6 is 0 Å². The molecule has 1 aliphatic rings. The van der Waals surface area contributed by atoms with Gasteiger partial charge < -0.3 is 19.7 Å². The van der Waals surface area contributed by atoms with E-state index in [0.29, 0.717) is 43.2 Å². The number of ether oxygens (including phenoxy) is 2. The monoisotopic (exact) mass is 433 g/mol. The minimum absolute atomic E-state index is 0.0568. The van der Waals surface area contributed by atoms with E-state index in [1.807, 2.05) is 42.5 Å². The van der Waals surface area contributed by atoms with Gasteiger partial charge in [-0.05, 0) is 23.6 Å². The summed E-state index contributed by atoms with van der Waals surface area (Å²) in [7, 11) is 3.12. The van der Waals surface area contributed by atoms with Gasteiger partial charge >= 0.3 is 0 Å². The van der Waals surface area contributed by atoms with Crippen molar-refractivity contribution in [3.8, 4) is 11.5 Å². The molecule has 0 aliphatic carbocycles. The smallest absolute Gasteiger partial charge is 0.254 e. The predicted octanol–water partition coefficient (Wildman–Crippen LogP) is 3.25. The Hall–Kier alpha value is -3.58. The summed E-state index contributed by atoms with van der Waals surface area (Å²) >= 11 is 0. The van der Waals surface area contributed by atoms with Crippen molar-refractivity contribution in [2.45, 2.75) is 0 Å². The van der Waals surface area contributed by atoms with E-state index in [4.69, 9.17) is 9.47 Å². The Morgan fingerprint density at radius 2 is 1.53 bits per heavy atom. The van der Waals surface area contributed by atoms with Crippen molar-refractivity contribution in [2.24, 2.45) is 0 Å². The molecule has 0 bridgehead atoms. The predicted molar refractivity (Wildman–Crippen MR) is 124 cm³/mol. The lowest BCUT2D eigenvalue weighted by Gasteiger charge is -2.34. The van der Waals surface area contributed by atoms with Gasteiger partial charge in [0, 0.05) is 48.9 Å². The minimum atomic E-state index is -0.0675. The molecule has 1 fully saturated rings. The number of hydrogen-bond donors (Lipinski definition) is 1. The Morgan fingerprint density at radius 1 is 0.875 bits per heavy atom. The summed E-state index contributed by atoms with van der Waals surface area (Å²) in [5.74, 6) is 1.04. The topological polar surface area (TPSA) is 71.1 Å². The van der Waals surface area contributed by atoms with Crippen molar-refractivity contribution < 1.29 is 19.1 Å². The molecule has 7 nitrogen and oxygen atoms in total. The summed E-state index contributed by atoms with van der Waals surface area (Å²) in [6, 6.07) is 19.0. The molecule has 0 aromatic heterocycles. The number of rotatable bonds is 6. The van der Waals surface area contributed by atoms with Gasteiger partial charge in [0.2, 0.25) is 5.91 Å². The molecular formula is C25H27N3O4. The van der Waals surface area contributed by atoms with Crippen LogP contribution in [0.2, 0.25) is 0 Å². The van der Waals surface area contributed by atoms with Gasteiger partial charge in [0.05, 0.1) is 20.8 Å². The van der Waals surface area contributed by atoms with E-state index in [9.17, 15) is 9.59 Å². The van der Waals surface area contributed by atoms with Crippen molar-refractivity contribution in [1.82, 2.24) is 9.80 Å². The maximum atomic E-state index is 12.9. The van der Waals surface area contributed by atoms with E-state index in [-0.39, 0.29) is 18.4 Å². The van der Waals surface area contributed by atoms with Crippen molar-refractivity contribution in [3.63, 3.8) is 0 Å². The Bertz CT molecular complexity index is 1100. The lowest BCUT2D eigenvalue weighted by molar-refractivity contribution is -0.117. The van der Waals surface area contributed by atoms with E-state index in [0.717, 1.165) is 16.5 Å². The largest absolute Gasteiger partial charge is 0.497 e. The highest BCUT2D eigenvalue weighted by Crippen LogP contribution is 2.24. The first-order valence-corrected chi connectivity index (χ1v) is 10.6. The summed E-state index contributed by atoms with van der Waals surface area (Å²) in [6.07, 6.45) is 0. The number of nitrogens with zero attached hydrogens (tertiary/aromatic N) is 2. The quantitative estimate of drug-likeness (QED) is 0.646. The minimum Gasteiger partial charge on any atom is -0.497 e. The summed E-state index contributed by atoms with van der Waals surface area (Å²) in [5, 5.41) is 5.14. The highest BCUT2D eigenvalue weighted by molar-refractivity contribution is 6.02. The van der Waals surface area contributed by atoms with Crippen molar-refractivity contribution in [3.05, 3.63) is 66.2 Å².